The zero-order valence-electron chi connectivity index (χ0n) is 12.1. The number of hydrogen-bond acceptors (Lipinski definition) is 3. The standard InChI is InChI=1S/C16H24ClNO2/c1-2-16(7-9-20-10-8-16)12-18-11-15(19)13-5-3-4-6-14(13)17/h3-6,15,18-19H,2,7-12H2,1H3/t15-/m1/s1. The number of rotatable bonds is 6. The van der Waals surface area contributed by atoms with Gasteiger partial charge in [-0.25, -0.2) is 0 Å². The monoisotopic (exact) mass is 297 g/mol. The maximum Gasteiger partial charge on any atom is 0.0928 e. The molecule has 0 bridgehead atoms. The highest BCUT2D eigenvalue weighted by atomic mass is 35.5. The molecule has 1 atom stereocenters. The van der Waals surface area contributed by atoms with Crippen LogP contribution in [0.25, 0.3) is 0 Å². The summed E-state index contributed by atoms with van der Waals surface area (Å²) < 4.78 is 5.44. The highest BCUT2D eigenvalue weighted by Crippen LogP contribution is 2.33. The summed E-state index contributed by atoms with van der Waals surface area (Å²) in [4.78, 5) is 0. The van der Waals surface area contributed by atoms with Crippen molar-refractivity contribution in [2.75, 3.05) is 26.3 Å². The summed E-state index contributed by atoms with van der Waals surface area (Å²) in [6, 6.07) is 7.46. The molecule has 0 saturated carbocycles. The lowest BCUT2D eigenvalue weighted by Gasteiger charge is -2.37. The topological polar surface area (TPSA) is 41.5 Å². The second-order valence-electron chi connectivity index (χ2n) is 5.63. The van der Waals surface area contributed by atoms with Crippen LogP contribution in [-0.2, 0) is 4.74 Å². The number of aliphatic hydroxyl groups is 1. The van der Waals surface area contributed by atoms with Crippen molar-refractivity contribution in [3.8, 4) is 0 Å². The van der Waals surface area contributed by atoms with Gasteiger partial charge in [0.1, 0.15) is 0 Å². The Hall–Kier alpha value is -0.610. The summed E-state index contributed by atoms with van der Waals surface area (Å²) >= 11 is 6.10. The molecule has 2 rings (SSSR count). The minimum Gasteiger partial charge on any atom is -0.387 e. The van der Waals surface area contributed by atoms with Gasteiger partial charge in [0.05, 0.1) is 6.10 Å². The van der Waals surface area contributed by atoms with Gasteiger partial charge in [-0.2, -0.15) is 0 Å². The van der Waals surface area contributed by atoms with E-state index in [1.54, 1.807) is 0 Å². The molecular formula is C16H24ClNO2. The molecule has 4 heteroatoms. The van der Waals surface area contributed by atoms with E-state index in [0.29, 0.717) is 17.0 Å². The van der Waals surface area contributed by atoms with Gasteiger partial charge in [0.15, 0.2) is 0 Å². The van der Waals surface area contributed by atoms with E-state index in [2.05, 4.69) is 12.2 Å². The van der Waals surface area contributed by atoms with Crippen LogP contribution in [0.2, 0.25) is 5.02 Å². The fraction of sp³-hybridized carbons (Fsp3) is 0.625. The third-order valence-corrected chi connectivity index (χ3v) is 4.75. The highest BCUT2D eigenvalue weighted by molar-refractivity contribution is 6.31. The number of halogens is 1. The minimum absolute atomic E-state index is 0.318. The molecule has 0 aliphatic carbocycles. The predicted molar refractivity (Wildman–Crippen MR) is 82.1 cm³/mol. The molecule has 2 N–H and O–H groups in total. The third-order valence-electron chi connectivity index (χ3n) is 4.41. The van der Waals surface area contributed by atoms with Crippen LogP contribution in [0.4, 0.5) is 0 Å². The van der Waals surface area contributed by atoms with Crippen LogP contribution in [0, 0.1) is 5.41 Å². The van der Waals surface area contributed by atoms with Gasteiger partial charge in [-0.1, -0.05) is 36.7 Å². The van der Waals surface area contributed by atoms with Crippen LogP contribution < -0.4 is 5.32 Å². The van der Waals surface area contributed by atoms with Crippen molar-refractivity contribution in [3.63, 3.8) is 0 Å². The van der Waals surface area contributed by atoms with E-state index >= 15 is 0 Å². The van der Waals surface area contributed by atoms with Crippen molar-refractivity contribution in [2.45, 2.75) is 32.3 Å². The van der Waals surface area contributed by atoms with Crippen LogP contribution in [0.3, 0.4) is 0 Å². The number of hydrogen-bond donors (Lipinski definition) is 2. The molecule has 1 aromatic carbocycles. The fourth-order valence-electron chi connectivity index (χ4n) is 2.79. The average Bonchev–Trinajstić information content (AvgIpc) is 2.48. The van der Waals surface area contributed by atoms with Gasteiger partial charge < -0.3 is 15.2 Å². The van der Waals surface area contributed by atoms with Crippen molar-refractivity contribution < 1.29 is 9.84 Å². The molecule has 1 aromatic rings. The first-order valence-electron chi connectivity index (χ1n) is 7.38. The Bertz CT molecular complexity index is 419. The maximum atomic E-state index is 10.2. The van der Waals surface area contributed by atoms with Gasteiger partial charge in [0, 0.05) is 36.9 Å². The molecule has 3 nitrogen and oxygen atoms in total. The first-order chi connectivity index (χ1) is 9.67. The highest BCUT2D eigenvalue weighted by Gasteiger charge is 2.30. The lowest BCUT2D eigenvalue weighted by molar-refractivity contribution is 0.0114. The Morgan fingerprint density at radius 3 is 2.70 bits per heavy atom. The molecular weight excluding hydrogens is 274 g/mol. The second-order valence-corrected chi connectivity index (χ2v) is 6.04. The van der Waals surface area contributed by atoms with E-state index in [1.807, 2.05) is 24.3 Å². The Kier molecular flexibility index (Phi) is 5.85. The Balaban J connectivity index is 1.84. The molecule has 0 radical (unpaired) electrons. The first-order valence-corrected chi connectivity index (χ1v) is 7.76. The molecule has 112 valence electrons. The van der Waals surface area contributed by atoms with Crippen molar-refractivity contribution >= 4 is 11.6 Å². The van der Waals surface area contributed by atoms with E-state index in [9.17, 15) is 5.11 Å². The maximum absolute atomic E-state index is 10.2. The van der Waals surface area contributed by atoms with Gasteiger partial charge in [0.25, 0.3) is 0 Å². The van der Waals surface area contributed by atoms with Gasteiger partial charge in [-0.05, 0) is 30.7 Å². The lowest BCUT2D eigenvalue weighted by Crippen LogP contribution is -2.40. The molecule has 0 aromatic heterocycles. The van der Waals surface area contributed by atoms with E-state index in [1.165, 1.54) is 0 Å². The molecule has 1 saturated heterocycles. The normalized spacial score (nSPS) is 19.8. The molecule has 0 unspecified atom stereocenters. The SMILES string of the molecule is CCC1(CNC[C@@H](O)c2ccccc2Cl)CCOCC1. The van der Waals surface area contributed by atoms with Crippen LogP contribution in [0.5, 0.6) is 0 Å². The summed E-state index contributed by atoms with van der Waals surface area (Å²) in [5.41, 5.74) is 1.11. The number of nitrogens with one attached hydrogen (secondary N) is 1. The van der Waals surface area contributed by atoms with Crippen LogP contribution in [0.15, 0.2) is 24.3 Å². The van der Waals surface area contributed by atoms with Crippen molar-refractivity contribution in [1.29, 1.82) is 0 Å². The van der Waals surface area contributed by atoms with Gasteiger partial charge in [-0.15, -0.1) is 0 Å². The summed E-state index contributed by atoms with van der Waals surface area (Å²) in [6.45, 7) is 5.39. The van der Waals surface area contributed by atoms with Crippen molar-refractivity contribution in [1.82, 2.24) is 5.32 Å². The summed E-state index contributed by atoms with van der Waals surface area (Å²) in [5, 5.41) is 14.2. The largest absolute Gasteiger partial charge is 0.387 e. The predicted octanol–water partition coefficient (Wildman–Crippen LogP) is 3.17. The number of ether oxygens (including phenoxy) is 1. The fourth-order valence-corrected chi connectivity index (χ4v) is 3.05. The van der Waals surface area contributed by atoms with Gasteiger partial charge in [0.2, 0.25) is 0 Å². The second kappa shape index (κ2) is 7.41. The molecule has 1 heterocycles. The number of aliphatic hydroxyl groups excluding tert-OH is 1. The lowest BCUT2D eigenvalue weighted by atomic mass is 9.78. The average molecular weight is 298 g/mol. The van der Waals surface area contributed by atoms with Crippen molar-refractivity contribution in [3.05, 3.63) is 34.9 Å². The molecule has 20 heavy (non-hydrogen) atoms. The summed E-state index contributed by atoms with van der Waals surface area (Å²) in [6.07, 6.45) is 2.78. The molecule has 1 fully saturated rings. The van der Waals surface area contributed by atoms with E-state index in [-0.39, 0.29) is 0 Å². The zero-order valence-corrected chi connectivity index (χ0v) is 12.8. The van der Waals surface area contributed by atoms with Crippen LogP contribution >= 0.6 is 11.6 Å². The van der Waals surface area contributed by atoms with Crippen LogP contribution in [-0.4, -0.2) is 31.4 Å². The third kappa shape index (κ3) is 3.95. The van der Waals surface area contributed by atoms with E-state index in [4.69, 9.17) is 16.3 Å². The summed E-state index contributed by atoms with van der Waals surface area (Å²) in [5.74, 6) is 0. The van der Waals surface area contributed by atoms with E-state index in [0.717, 1.165) is 44.6 Å². The van der Waals surface area contributed by atoms with Crippen molar-refractivity contribution in [2.24, 2.45) is 5.41 Å². The Morgan fingerprint density at radius 2 is 2.05 bits per heavy atom. The van der Waals surface area contributed by atoms with Gasteiger partial charge >= 0.3 is 0 Å². The minimum atomic E-state index is -0.558. The number of benzene rings is 1. The first kappa shape index (κ1) is 15.8. The molecule has 0 amide bonds. The Labute approximate surface area is 126 Å². The molecule has 1 aliphatic heterocycles. The smallest absolute Gasteiger partial charge is 0.0928 e. The van der Waals surface area contributed by atoms with E-state index < -0.39 is 6.10 Å². The van der Waals surface area contributed by atoms with Gasteiger partial charge in [-0.3, -0.25) is 0 Å². The van der Waals surface area contributed by atoms with Crippen LogP contribution in [0.1, 0.15) is 37.9 Å². The quantitative estimate of drug-likeness (QED) is 0.847. The summed E-state index contributed by atoms with van der Waals surface area (Å²) in [7, 11) is 0. The molecule has 1 aliphatic rings. The zero-order chi connectivity index (χ0) is 14.4. The Morgan fingerprint density at radius 1 is 1.35 bits per heavy atom. The molecule has 0 spiro atoms.